The van der Waals surface area contributed by atoms with Gasteiger partial charge in [-0.2, -0.15) is 0 Å². The number of Topliss-reactive ketones (excluding diaryl/α,β-unsaturated/α-hetero) is 1. The Bertz CT molecular complexity index is 1010. The van der Waals surface area contributed by atoms with E-state index in [4.69, 9.17) is 0 Å². The van der Waals surface area contributed by atoms with Crippen molar-refractivity contribution >= 4 is 17.4 Å². The van der Waals surface area contributed by atoms with E-state index in [-0.39, 0.29) is 18.2 Å². The van der Waals surface area contributed by atoms with Gasteiger partial charge in [0, 0.05) is 16.8 Å². The fraction of sp³-hybridized carbons (Fsp3) is 0.227. The molecule has 27 heavy (non-hydrogen) atoms. The molecule has 0 atom stereocenters. The molecule has 0 spiro atoms. The number of nitrogens with zero attached hydrogens (tertiary/aromatic N) is 2. The number of aromatic nitrogens is 2. The van der Waals surface area contributed by atoms with E-state index in [1.807, 2.05) is 22.8 Å². The largest absolute Gasteiger partial charge is 0.323 e. The third kappa shape index (κ3) is 3.53. The number of ketones is 1. The van der Waals surface area contributed by atoms with Crippen molar-refractivity contribution in [2.45, 2.75) is 32.9 Å². The van der Waals surface area contributed by atoms with E-state index >= 15 is 0 Å². The normalized spacial score (nSPS) is 12.6. The first-order valence-corrected chi connectivity index (χ1v) is 9.20. The fourth-order valence-corrected chi connectivity index (χ4v) is 3.66. The van der Waals surface area contributed by atoms with Crippen LogP contribution in [-0.4, -0.2) is 16.3 Å². The Morgan fingerprint density at radius 2 is 1.93 bits per heavy atom. The lowest BCUT2D eigenvalue weighted by Gasteiger charge is -2.05. The molecule has 1 amide bonds. The number of hydrogen-bond donors (Lipinski definition) is 1. The molecule has 0 fully saturated rings. The number of imidazole rings is 1. The molecule has 0 saturated heterocycles. The quantitative estimate of drug-likeness (QED) is 0.561. The molecule has 136 valence electrons. The van der Waals surface area contributed by atoms with Gasteiger partial charge in [-0.15, -0.1) is 0 Å². The third-order valence-electron chi connectivity index (χ3n) is 4.93. The van der Waals surface area contributed by atoms with Gasteiger partial charge in [0.1, 0.15) is 6.20 Å². The molecule has 0 radical (unpaired) electrons. The zero-order chi connectivity index (χ0) is 18.8. The van der Waals surface area contributed by atoms with Gasteiger partial charge in [0.2, 0.25) is 0 Å². The minimum absolute atomic E-state index is 0.0155. The molecule has 0 bridgehead atoms. The Kier molecular flexibility index (Phi) is 4.59. The Balaban J connectivity index is 1.56. The van der Waals surface area contributed by atoms with E-state index in [2.05, 4.69) is 28.2 Å². The maximum Gasteiger partial charge on any atom is 0.266 e. The molecule has 5 heteroatoms. The van der Waals surface area contributed by atoms with Crippen LogP contribution < -0.4 is 9.88 Å². The average Bonchev–Trinajstić information content (AvgIpc) is 3.26. The first kappa shape index (κ1) is 17.2. The summed E-state index contributed by atoms with van der Waals surface area (Å²) in [7, 11) is 0. The number of anilines is 1. The number of carbonyl (C=O) groups excluding carboxylic acids is 2. The summed E-state index contributed by atoms with van der Waals surface area (Å²) in [5.41, 5.74) is 3.55. The van der Waals surface area contributed by atoms with E-state index in [0.29, 0.717) is 11.3 Å². The van der Waals surface area contributed by atoms with E-state index < -0.39 is 0 Å². The highest BCUT2D eigenvalue weighted by Crippen LogP contribution is 2.24. The molecule has 1 aliphatic rings. The predicted octanol–water partition coefficient (Wildman–Crippen LogP) is 3.23. The van der Waals surface area contributed by atoms with Crippen LogP contribution in [0.5, 0.6) is 0 Å². The molecular formula is C22H22N3O2+. The van der Waals surface area contributed by atoms with Gasteiger partial charge in [-0.05, 0) is 25.5 Å². The van der Waals surface area contributed by atoms with E-state index in [1.165, 1.54) is 12.7 Å². The first-order chi connectivity index (χ1) is 13.1. The lowest BCUT2D eigenvalue weighted by molar-refractivity contribution is -0.690. The molecule has 4 rings (SSSR count). The molecular weight excluding hydrogens is 338 g/mol. The zero-order valence-electron chi connectivity index (χ0n) is 15.3. The van der Waals surface area contributed by atoms with Gasteiger partial charge in [0.15, 0.2) is 18.0 Å². The monoisotopic (exact) mass is 360 g/mol. The topological polar surface area (TPSA) is 55.0 Å². The van der Waals surface area contributed by atoms with Crippen molar-refractivity contribution in [3.63, 3.8) is 0 Å². The van der Waals surface area contributed by atoms with Crippen molar-refractivity contribution in [3.8, 4) is 11.3 Å². The number of carbonyl (C=O) groups is 2. The number of amides is 1. The average molecular weight is 360 g/mol. The summed E-state index contributed by atoms with van der Waals surface area (Å²) in [6, 6.07) is 17.3. The van der Waals surface area contributed by atoms with Gasteiger partial charge in [-0.3, -0.25) is 9.59 Å². The maximum atomic E-state index is 12.6. The van der Waals surface area contributed by atoms with Gasteiger partial charge < -0.3 is 5.32 Å². The minimum Gasteiger partial charge on any atom is -0.323 e. The van der Waals surface area contributed by atoms with E-state index in [1.54, 1.807) is 24.3 Å². The van der Waals surface area contributed by atoms with Crippen molar-refractivity contribution in [2.24, 2.45) is 0 Å². The Morgan fingerprint density at radius 3 is 2.70 bits per heavy atom. The zero-order valence-corrected chi connectivity index (χ0v) is 15.3. The Labute approximate surface area is 158 Å². The lowest BCUT2D eigenvalue weighted by Crippen LogP contribution is -2.42. The van der Waals surface area contributed by atoms with E-state index in [9.17, 15) is 9.59 Å². The number of fused-ring (bicyclic) bond motifs is 1. The highest BCUT2D eigenvalue weighted by atomic mass is 16.2. The Morgan fingerprint density at radius 1 is 1.11 bits per heavy atom. The molecule has 5 nitrogen and oxygen atoms in total. The third-order valence-corrected chi connectivity index (χ3v) is 4.93. The van der Waals surface area contributed by atoms with Crippen molar-refractivity contribution in [2.75, 3.05) is 5.32 Å². The van der Waals surface area contributed by atoms with Crippen LogP contribution in [0.4, 0.5) is 5.69 Å². The molecule has 3 aromatic rings. The summed E-state index contributed by atoms with van der Waals surface area (Å²) >= 11 is 0. The SMILES string of the molecule is CC(=O)c1cccc(NC(=O)C[n+]2cc(-c3ccccc3)n3c2CCC3)c1. The second kappa shape index (κ2) is 7.19. The second-order valence-corrected chi connectivity index (χ2v) is 6.86. The van der Waals surface area contributed by atoms with Gasteiger partial charge in [-0.25, -0.2) is 9.13 Å². The number of hydrogen-bond acceptors (Lipinski definition) is 2. The van der Waals surface area contributed by atoms with Crippen LogP contribution in [0.25, 0.3) is 11.3 Å². The van der Waals surface area contributed by atoms with Crippen molar-refractivity contribution in [1.82, 2.24) is 4.57 Å². The van der Waals surface area contributed by atoms with Crippen LogP contribution in [0.15, 0.2) is 60.8 Å². The van der Waals surface area contributed by atoms with Crippen molar-refractivity contribution < 1.29 is 14.2 Å². The summed E-state index contributed by atoms with van der Waals surface area (Å²) < 4.78 is 4.35. The summed E-state index contributed by atoms with van der Waals surface area (Å²) in [4.78, 5) is 24.1. The molecule has 2 heterocycles. The molecule has 0 unspecified atom stereocenters. The lowest BCUT2D eigenvalue weighted by atomic mass is 10.1. The number of rotatable bonds is 5. The second-order valence-electron chi connectivity index (χ2n) is 6.86. The minimum atomic E-state index is -0.0967. The Hall–Kier alpha value is -3.21. The highest BCUT2D eigenvalue weighted by Gasteiger charge is 2.29. The predicted molar refractivity (Wildman–Crippen MR) is 103 cm³/mol. The molecule has 0 saturated carbocycles. The van der Waals surface area contributed by atoms with Gasteiger partial charge in [0.05, 0.1) is 13.0 Å². The van der Waals surface area contributed by atoms with Gasteiger partial charge in [-0.1, -0.05) is 42.5 Å². The first-order valence-electron chi connectivity index (χ1n) is 9.20. The molecule has 1 N–H and O–H groups in total. The molecule has 2 aromatic carbocycles. The fourth-order valence-electron chi connectivity index (χ4n) is 3.66. The molecule has 1 aromatic heterocycles. The summed E-state index contributed by atoms with van der Waals surface area (Å²) in [5.74, 6) is 1.07. The smallest absolute Gasteiger partial charge is 0.266 e. The summed E-state index contributed by atoms with van der Waals surface area (Å²) in [5, 5.41) is 2.90. The maximum absolute atomic E-state index is 12.6. The van der Waals surface area contributed by atoms with Gasteiger partial charge in [0.25, 0.3) is 11.7 Å². The van der Waals surface area contributed by atoms with Crippen LogP contribution in [0, 0.1) is 0 Å². The van der Waals surface area contributed by atoms with Crippen molar-refractivity contribution in [3.05, 3.63) is 72.2 Å². The summed E-state index contributed by atoms with van der Waals surface area (Å²) in [6.45, 7) is 2.76. The molecule has 1 aliphatic heterocycles. The highest BCUT2D eigenvalue weighted by molar-refractivity contribution is 5.96. The van der Waals surface area contributed by atoms with Crippen LogP contribution in [0.3, 0.4) is 0 Å². The van der Waals surface area contributed by atoms with Crippen molar-refractivity contribution in [1.29, 1.82) is 0 Å². The van der Waals surface area contributed by atoms with E-state index in [0.717, 1.165) is 30.6 Å². The van der Waals surface area contributed by atoms with Crippen LogP contribution in [0.1, 0.15) is 29.5 Å². The van der Waals surface area contributed by atoms with Crippen LogP contribution >= 0.6 is 0 Å². The number of nitrogens with one attached hydrogen (secondary N) is 1. The van der Waals surface area contributed by atoms with Crippen LogP contribution in [-0.2, 0) is 24.3 Å². The molecule has 0 aliphatic carbocycles. The van der Waals surface area contributed by atoms with Gasteiger partial charge >= 0.3 is 0 Å². The van der Waals surface area contributed by atoms with Crippen LogP contribution in [0.2, 0.25) is 0 Å². The number of benzene rings is 2. The standard InChI is InChI=1S/C22H21N3O2/c1-16(26)18-9-5-10-19(13-18)23-21(27)15-24-14-20(17-7-3-2-4-8-17)25-12-6-11-22(24)25/h2-5,7-10,13-14H,6,11-12,15H2,1H3/p+1. The summed E-state index contributed by atoms with van der Waals surface area (Å²) in [6.07, 6.45) is 4.13.